The number of hydrogen-bond acceptors (Lipinski definition) is 4. The van der Waals surface area contributed by atoms with E-state index >= 15 is 0 Å². The molecule has 1 aromatic heterocycles. The van der Waals surface area contributed by atoms with E-state index in [9.17, 15) is 9.59 Å². The first kappa shape index (κ1) is 14.2. The second-order valence-corrected chi connectivity index (χ2v) is 3.99. The second-order valence-electron chi connectivity index (χ2n) is 3.99. The van der Waals surface area contributed by atoms with E-state index in [1.165, 1.54) is 7.11 Å². The average molecular weight is 250 g/mol. The minimum absolute atomic E-state index is 0.112. The number of ether oxygens (including phenoxy) is 1. The molecule has 0 fully saturated rings. The Kier molecular flexibility index (Phi) is 5.84. The number of pyridine rings is 1. The molecule has 0 saturated heterocycles. The number of methoxy groups -OCH3 is 1. The Balaban J connectivity index is 2.45. The lowest BCUT2D eigenvalue weighted by molar-refractivity contribution is -0.141. The summed E-state index contributed by atoms with van der Waals surface area (Å²) in [5.41, 5.74) is 0.850. The van der Waals surface area contributed by atoms with Gasteiger partial charge in [0.15, 0.2) is 0 Å². The molecule has 0 radical (unpaired) electrons. The van der Waals surface area contributed by atoms with E-state index in [1.54, 1.807) is 18.5 Å². The molecule has 0 bridgehead atoms. The normalized spacial score (nSPS) is 11.7. The summed E-state index contributed by atoms with van der Waals surface area (Å²) >= 11 is 0. The fourth-order valence-corrected chi connectivity index (χ4v) is 1.55. The van der Waals surface area contributed by atoms with Gasteiger partial charge in [0.25, 0.3) is 0 Å². The van der Waals surface area contributed by atoms with Crippen molar-refractivity contribution in [2.45, 2.75) is 32.2 Å². The Labute approximate surface area is 107 Å². The van der Waals surface area contributed by atoms with Crippen LogP contribution in [0.1, 0.15) is 25.3 Å². The smallest absolute Gasteiger partial charge is 0.307 e. The molecule has 0 aliphatic heterocycles. The lowest BCUT2D eigenvalue weighted by atomic mass is 10.1. The number of aromatic nitrogens is 1. The van der Waals surface area contributed by atoms with Gasteiger partial charge in [0.05, 0.1) is 20.0 Å². The summed E-state index contributed by atoms with van der Waals surface area (Å²) in [6.45, 7) is 1.91. The van der Waals surface area contributed by atoms with Crippen molar-refractivity contribution in [1.82, 2.24) is 10.3 Å². The summed E-state index contributed by atoms with van der Waals surface area (Å²) in [4.78, 5) is 26.8. The van der Waals surface area contributed by atoms with Gasteiger partial charge < -0.3 is 10.1 Å². The molecule has 1 atom stereocenters. The van der Waals surface area contributed by atoms with Crippen LogP contribution >= 0.6 is 0 Å². The largest absolute Gasteiger partial charge is 0.469 e. The van der Waals surface area contributed by atoms with Crippen LogP contribution in [0.2, 0.25) is 0 Å². The number of carbonyl (C=O) groups is 2. The topological polar surface area (TPSA) is 68.3 Å². The third kappa shape index (κ3) is 4.95. The van der Waals surface area contributed by atoms with Crippen molar-refractivity contribution in [1.29, 1.82) is 0 Å². The zero-order chi connectivity index (χ0) is 13.4. The quantitative estimate of drug-likeness (QED) is 0.767. The van der Waals surface area contributed by atoms with Crippen molar-refractivity contribution < 1.29 is 14.3 Å². The van der Waals surface area contributed by atoms with Gasteiger partial charge in [0, 0.05) is 18.4 Å². The molecule has 0 saturated carbocycles. The van der Waals surface area contributed by atoms with Gasteiger partial charge in [-0.05, 0) is 18.1 Å². The molecule has 1 heterocycles. The van der Waals surface area contributed by atoms with Crippen molar-refractivity contribution in [2.24, 2.45) is 0 Å². The molecule has 0 aliphatic carbocycles. The van der Waals surface area contributed by atoms with Crippen molar-refractivity contribution in [3.63, 3.8) is 0 Å². The highest BCUT2D eigenvalue weighted by Crippen LogP contribution is 2.02. The Morgan fingerprint density at radius 1 is 1.50 bits per heavy atom. The highest BCUT2D eigenvalue weighted by Gasteiger charge is 2.15. The van der Waals surface area contributed by atoms with Crippen molar-refractivity contribution in [3.05, 3.63) is 30.1 Å². The highest BCUT2D eigenvalue weighted by atomic mass is 16.5. The van der Waals surface area contributed by atoms with E-state index in [0.29, 0.717) is 6.42 Å². The SMILES string of the molecule is CCC(CC(=O)OC)NC(=O)Cc1cccnc1. The van der Waals surface area contributed by atoms with Gasteiger partial charge in [-0.25, -0.2) is 0 Å². The van der Waals surface area contributed by atoms with E-state index in [1.807, 2.05) is 13.0 Å². The molecule has 5 heteroatoms. The molecule has 1 N–H and O–H groups in total. The number of esters is 1. The maximum atomic E-state index is 11.8. The summed E-state index contributed by atoms with van der Waals surface area (Å²) in [5, 5.41) is 2.81. The third-order valence-electron chi connectivity index (χ3n) is 2.59. The van der Waals surface area contributed by atoms with Gasteiger partial charge in [-0.15, -0.1) is 0 Å². The third-order valence-corrected chi connectivity index (χ3v) is 2.59. The molecule has 5 nitrogen and oxygen atoms in total. The van der Waals surface area contributed by atoms with Crippen molar-refractivity contribution in [2.75, 3.05) is 7.11 Å². The molecule has 0 aliphatic rings. The summed E-state index contributed by atoms with van der Waals surface area (Å²) in [6, 6.07) is 3.45. The van der Waals surface area contributed by atoms with Gasteiger partial charge >= 0.3 is 5.97 Å². The van der Waals surface area contributed by atoms with Crippen molar-refractivity contribution in [3.8, 4) is 0 Å². The average Bonchev–Trinajstić information content (AvgIpc) is 2.38. The molecular weight excluding hydrogens is 232 g/mol. The monoisotopic (exact) mass is 250 g/mol. The van der Waals surface area contributed by atoms with Gasteiger partial charge in [-0.2, -0.15) is 0 Å². The summed E-state index contributed by atoms with van der Waals surface area (Å²) in [5.74, 6) is -0.428. The van der Waals surface area contributed by atoms with E-state index < -0.39 is 0 Å². The Morgan fingerprint density at radius 3 is 2.83 bits per heavy atom. The van der Waals surface area contributed by atoms with Gasteiger partial charge in [0.2, 0.25) is 5.91 Å². The maximum Gasteiger partial charge on any atom is 0.307 e. The first-order valence-electron chi connectivity index (χ1n) is 5.90. The number of rotatable bonds is 6. The zero-order valence-electron chi connectivity index (χ0n) is 10.7. The highest BCUT2D eigenvalue weighted by molar-refractivity contribution is 5.79. The summed E-state index contributed by atoms with van der Waals surface area (Å²) < 4.78 is 4.58. The van der Waals surface area contributed by atoms with Crippen LogP contribution in [0.25, 0.3) is 0 Å². The van der Waals surface area contributed by atoms with Crippen LogP contribution in [-0.2, 0) is 20.7 Å². The number of carbonyl (C=O) groups excluding carboxylic acids is 2. The van der Waals surface area contributed by atoms with Crippen LogP contribution in [0.4, 0.5) is 0 Å². The Morgan fingerprint density at radius 2 is 2.28 bits per heavy atom. The number of hydrogen-bond donors (Lipinski definition) is 1. The second kappa shape index (κ2) is 7.42. The molecule has 1 unspecified atom stereocenters. The number of amides is 1. The van der Waals surface area contributed by atoms with Crippen LogP contribution < -0.4 is 5.32 Å². The van der Waals surface area contributed by atoms with Gasteiger partial charge in [0.1, 0.15) is 0 Å². The van der Waals surface area contributed by atoms with Crippen LogP contribution in [0, 0.1) is 0 Å². The molecular formula is C13H18N2O3. The first-order chi connectivity index (χ1) is 8.65. The molecule has 1 rings (SSSR count). The van der Waals surface area contributed by atoms with E-state index in [-0.39, 0.29) is 30.8 Å². The molecule has 0 spiro atoms. The summed E-state index contributed by atoms with van der Waals surface area (Å²) in [7, 11) is 1.34. The maximum absolute atomic E-state index is 11.8. The number of nitrogens with one attached hydrogen (secondary N) is 1. The number of nitrogens with zero attached hydrogens (tertiary/aromatic N) is 1. The standard InChI is InChI=1S/C13H18N2O3/c1-3-11(8-13(17)18-2)15-12(16)7-10-5-4-6-14-9-10/h4-6,9,11H,3,7-8H2,1-2H3,(H,15,16). The Bertz CT molecular complexity index is 392. The fourth-order valence-electron chi connectivity index (χ4n) is 1.55. The van der Waals surface area contributed by atoms with Crippen LogP contribution in [0.5, 0.6) is 0 Å². The minimum Gasteiger partial charge on any atom is -0.469 e. The van der Waals surface area contributed by atoms with E-state index in [0.717, 1.165) is 5.56 Å². The van der Waals surface area contributed by atoms with Gasteiger partial charge in [-0.1, -0.05) is 13.0 Å². The van der Waals surface area contributed by atoms with Crippen molar-refractivity contribution >= 4 is 11.9 Å². The molecule has 0 aromatic carbocycles. The predicted octanol–water partition coefficient (Wildman–Crippen LogP) is 1.08. The lowest BCUT2D eigenvalue weighted by Crippen LogP contribution is -2.37. The Hall–Kier alpha value is -1.91. The first-order valence-corrected chi connectivity index (χ1v) is 5.90. The lowest BCUT2D eigenvalue weighted by Gasteiger charge is -2.15. The van der Waals surface area contributed by atoms with E-state index in [2.05, 4.69) is 15.0 Å². The summed E-state index contributed by atoms with van der Waals surface area (Å²) in [6.07, 6.45) is 4.47. The molecule has 18 heavy (non-hydrogen) atoms. The molecule has 1 amide bonds. The molecule has 98 valence electrons. The minimum atomic E-state index is -0.316. The van der Waals surface area contributed by atoms with Crippen LogP contribution in [-0.4, -0.2) is 30.0 Å². The van der Waals surface area contributed by atoms with Crippen LogP contribution in [0.3, 0.4) is 0 Å². The van der Waals surface area contributed by atoms with Crippen LogP contribution in [0.15, 0.2) is 24.5 Å². The zero-order valence-corrected chi connectivity index (χ0v) is 10.7. The van der Waals surface area contributed by atoms with E-state index in [4.69, 9.17) is 0 Å². The predicted molar refractivity (Wildman–Crippen MR) is 66.8 cm³/mol. The fraction of sp³-hybridized carbons (Fsp3) is 0.462. The molecule has 1 aromatic rings. The van der Waals surface area contributed by atoms with Gasteiger partial charge in [-0.3, -0.25) is 14.6 Å².